The Balaban J connectivity index is 0.829. The molecule has 0 aliphatic carbocycles. The molecule has 10 aromatic rings. The van der Waals surface area contributed by atoms with Gasteiger partial charge in [0.2, 0.25) is 0 Å². The molecule has 0 fully saturated rings. The molecule has 510 valence electrons. The molecule has 10 rings (SSSR count). The number of benzene rings is 7. The fourth-order valence-corrected chi connectivity index (χ4v) is 14.3. The van der Waals surface area contributed by atoms with E-state index in [1.807, 2.05) is 0 Å². The second kappa shape index (κ2) is 27.6. The summed E-state index contributed by atoms with van der Waals surface area (Å²) in [7, 11) is 0. The van der Waals surface area contributed by atoms with Crippen LogP contribution in [0.25, 0.3) is 65.4 Å². The van der Waals surface area contributed by atoms with Gasteiger partial charge >= 0.3 is 0 Å². The van der Waals surface area contributed by atoms with E-state index in [-0.39, 0.29) is 51.8 Å². The minimum atomic E-state index is -1.50. The van der Waals surface area contributed by atoms with Crippen molar-refractivity contribution in [2.75, 3.05) is 0 Å². The number of hydrogen-bond acceptors (Lipinski definition) is 3. The molecule has 3 aromatic heterocycles. The van der Waals surface area contributed by atoms with Crippen LogP contribution in [0, 0.1) is 17.5 Å². The average molecular weight is 1300 g/mol. The molecule has 0 saturated heterocycles. The van der Waals surface area contributed by atoms with Crippen LogP contribution in [-0.4, -0.2) is 31.1 Å². The number of rotatable bonds is 24. The highest BCUT2D eigenvalue weighted by Crippen LogP contribution is 2.41. The van der Waals surface area contributed by atoms with Crippen LogP contribution in [0.2, 0.25) is 0 Å². The molecule has 0 bridgehead atoms. The van der Waals surface area contributed by atoms with Crippen molar-refractivity contribution in [3.63, 3.8) is 0 Å². The maximum atomic E-state index is 17.0. The summed E-state index contributed by atoms with van der Waals surface area (Å²) in [5, 5.41) is 7.33. The van der Waals surface area contributed by atoms with E-state index in [0.717, 1.165) is 91.3 Å². The van der Waals surface area contributed by atoms with E-state index in [9.17, 15) is 14.4 Å². The van der Waals surface area contributed by atoms with Gasteiger partial charge in [-0.3, -0.25) is 14.4 Å². The minimum Gasteiger partial charge on any atom is -0.340 e. The third kappa shape index (κ3) is 15.1. The molecular formula is C87H108F3N3O3. The number of aromatic nitrogens is 3. The number of Topliss-reactive ketones (excluding diaryl/α,β-unsaturated/α-hetero) is 3. The number of nitrogens with zero attached hydrogens (tertiary/aromatic N) is 3. The highest BCUT2D eigenvalue weighted by Gasteiger charge is 2.34. The largest absolute Gasteiger partial charge is 0.340 e. The Morgan fingerprint density at radius 1 is 0.260 bits per heavy atom. The Labute approximate surface area is 570 Å². The van der Waals surface area contributed by atoms with E-state index in [1.165, 1.54) is 65.7 Å². The number of fused-ring (bicyclic) bond motifs is 9. The SMILES string of the molecule is CC(C)(C)c1ccc2c(c1)c1cc(C(C)(C)C)ccc1n2CCCCCCC(=O)c1c(F)c(C(=O)CCCCCCn2c3ccc(C(C)(C)C)cc3c3cc(C(C)(C)C)ccc32)c(F)c(C(=O)CCCCCCn2c3ccc(C(C)(C)C)cc3c3cc(C(C)(C)C)ccc32)c1F. The lowest BCUT2D eigenvalue weighted by molar-refractivity contribution is 0.0961. The molecule has 0 radical (unpaired) electrons. The van der Waals surface area contributed by atoms with E-state index in [0.29, 0.717) is 38.5 Å². The van der Waals surface area contributed by atoms with Crippen molar-refractivity contribution >= 4 is 82.8 Å². The van der Waals surface area contributed by atoms with Gasteiger partial charge in [0.05, 0.1) is 16.7 Å². The van der Waals surface area contributed by atoms with Gasteiger partial charge in [-0.1, -0.05) is 200 Å². The number of unbranched alkanes of at least 4 members (excludes halogenated alkanes) is 9. The summed E-state index contributed by atoms with van der Waals surface area (Å²) in [4.78, 5) is 42.8. The molecule has 0 saturated carbocycles. The molecule has 3 heterocycles. The van der Waals surface area contributed by atoms with Crippen LogP contribution in [0.15, 0.2) is 109 Å². The average Bonchev–Trinajstić information content (AvgIpc) is 1.62. The smallest absolute Gasteiger partial charge is 0.168 e. The monoisotopic (exact) mass is 1300 g/mol. The lowest BCUT2D eigenvalue weighted by Gasteiger charge is -2.19. The predicted molar refractivity (Wildman–Crippen MR) is 399 cm³/mol. The van der Waals surface area contributed by atoms with Crippen LogP contribution < -0.4 is 0 Å². The molecule has 0 aliphatic heterocycles. The number of carbonyl (C=O) groups excluding carboxylic acids is 3. The van der Waals surface area contributed by atoms with E-state index >= 15 is 13.2 Å². The lowest BCUT2D eigenvalue weighted by Crippen LogP contribution is -2.20. The van der Waals surface area contributed by atoms with Crippen molar-refractivity contribution in [2.24, 2.45) is 0 Å². The maximum absolute atomic E-state index is 17.0. The van der Waals surface area contributed by atoms with Gasteiger partial charge in [0.15, 0.2) is 34.8 Å². The standard InChI is InChI=1S/C87H108F3N3O3/c1-82(2,3)55-34-40-67-61(49-55)62-50-56(83(4,5)6)35-41-68(62)91(67)46-28-22-19-25-31-73(94)76-79(88)77(74(95)32-26-20-23-29-47-92-69-42-36-57(84(7,8)9)51-63(69)64-52-58(85(10,11)12)37-43-70(64)92)81(90)78(80(76)89)75(96)33-27-21-24-30-48-93-71-44-38-59(86(13,14)15)53-65(71)66-54-60(87(16,17)18)39-45-72(66)93/h34-45,49-54H,19-33,46-48H2,1-18H3. The van der Waals surface area contributed by atoms with Crippen molar-refractivity contribution in [2.45, 2.75) is 273 Å². The van der Waals surface area contributed by atoms with Crippen molar-refractivity contribution in [1.82, 2.24) is 13.7 Å². The topological polar surface area (TPSA) is 66.0 Å². The Morgan fingerprint density at radius 2 is 0.427 bits per heavy atom. The van der Waals surface area contributed by atoms with E-state index < -0.39 is 51.5 Å². The zero-order valence-electron chi connectivity index (χ0n) is 61.3. The Hall–Kier alpha value is -7.26. The first-order valence-electron chi connectivity index (χ1n) is 36.0. The van der Waals surface area contributed by atoms with E-state index in [1.54, 1.807) is 0 Å². The summed E-state index contributed by atoms with van der Waals surface area (Å²) in [6.07, 6.45) is 6.81. The van der Waals surface area contributed by atoms with Gasteiger partial charge in [0, 0.05) is 104 Å². The normalized spacial score (nSPS) is 13.1. The van der Waals surface area contributed by atoms with Gasteiger partial charge in [-0.05, 0) is 177 Å². The Kier molecular flexibility index (Phi) is 20.5. The fourth-order valence-electron chi connectivity index (χ4n) is 14.3. The zero-order chi connectivity index (χ0) is 69.8. The maximum Gasteiger partial charge on any atom is 0.168 e. The molecule has 0 amide bonds. The molecule has 0 N–H and O–H groups in total. The number of hydrogen-bond donors (Lipinski definition) is 0. The summed E-state index contributed by atoms with van der Waals surface area (Å²) >= 11 is 0. The summed E-state index contributed by atoms with van der Waals surface area (Å²) in [5.74, 6) is -7.12. The van der Waals surface area contributed by atoms with Gasteiger partial charge in [-0.15, -0.1) is 0 Å². The van der Waals surface area contributed by atoms with Crippen LogP contribution in [0.5, 0.6) is 0 Å². The van der Waals surface area contributed by atoms with Crippen LogP contribution in [0.4, 0.5) is 13.2 Å². The molecule has 9 heteroatoms. The van der Waals surface area contributed by atoms with Gasteiger partial charge in [0.25, 0.3) is 0 Å². The first kappa shape index (κ1) is 71.5. The third-order valence-electron chi connectivity index (χ3n) is 20.6. The second-order valence-corrected chi connectivity index (χ2v) is 34.2. The highest BCUT2D eigenvalue weighted by molar-refractivity contribution is 6.11. The van der Waals surface area contributed by atoms with E-state index in [2.05, 4.69) is 248 Å². The Morgan fingerprint density at radius 3 is 0.594 bits per heavy atom. The molecule has 0 aliphatic rings. The molecule has 0 unspecified atom stereocenters. The van der Waals surface area contributed by atoms with Crippen molar-refractivity contribution in [1.29, 1.82) is 0 Å². The van der Waals surface area contributed by atoms with E-state index in [4.69, 9.17) is 0 Å². The van der Waals surface area contributed by atoms with Gasteiger partial charge in [0.1, 0.15) is 0 Å². The van der Waals surface area contributed by atoms with Crippen molar-refractivity contribution < 1.29 is 27.6 Å². The first-order chi connectivity index (χ1) is 44.9. The lowest BCUT2D eigenvalue weighted by atomic mass is 9.85. The van der Waals surface area contributed by atoms with Crippen LogP contribution in [0.1, 0.15) is 285 Å². The molecule has 0 atom stereocenters. The molecule has 0 spiro atoms. The summed E-state index contributed by atoms with van der Waals surface area (Å²) < 4.78 is 58.1. The summed E-state index contributed by atoms with van der Waals surface area (Å²) in [5.41, 5.74) is 11.5. The molecular weight excluding hydrogens is 1190 g/mol. The number of ketones is 3. The molecule has 96 heavy (non-hydrogen) atoms. The quantitative estimate of drug-likeness (QED) is 0.0447. The summed E-state index contributed by atoms with van der Waals surface area (Å²) in [6.45, 7) is 42.4. The van der Waals surface area contributed by atoms with Crippen LogP contribution in [-0.2, 0) is 52.1 Å². The zero-order valence-corrected chi connectivity index (χ0v) is 61.3. The fraction of sp³-hybridized carbons (Fsp3) is 0.483. The summed E-state index contributed by atoms with van der Waals surface area (Å²) in [6, 6.07) is 40.7. The minimum absolute atomic E-state index is 0.0186. The Bertz CT molecular complexity index is 3880. The van der Waals surface area contributed by atoms with Gasteiger partial charge in [-0.2, -0.15) is 0 Å². The van der Waals surface area contributed by atoms with Crippen LogP contribution >= 0.6 is 0 Å². The predicted octanol–water partition coefficient (Wildman–Crippen LogP) is 24.7. The third-order valence-corrected chi connectivity index (χ3v) is 20.6. The highest BCUT2D eigenvalue weighted by atomic mass is 19.1. The van der Waals surface area contributed by atoms with Crippen LogP contribution in [0.3, 0.4) is 0 Å². The molecule has 7 aromatic carbocycles. The van der Waals surface area contributed by atoms with Crippen molar-refractivity contribution in [3.05, 3.63) is 177 Å². The van der Waals surface area contributed by atoms with Gasteiger partial charge < -0.3 is 13.7 Å². The first-order valence-corrected chi connectivity index (χ1v) is 36.0. The van der Waals surface area contributed by atoms with Gasteiger partial charge in [-0.25, -0.2) is 13.2 Å². The number of aryl methyl sites for hydroxylation is 3. The second-order valence-electron chi connectivity index (χ2n) is 34.2. The number of carbonyl (C=O) groups is 3. The van der Waals surface area contributed by atoms with Crippen molar-refractivity contribution in [3.8, 4) is 0 Å². The molecule has 6 nitrogen and oxygen atoms in total. The number of halogens is 3.